The monoisotopic (exact) mass is 206 g/mol. The predicted octanol–water partition coefficient (Wildman–Crippen LogP) is 0.844. The fraction of sp³-hybridized carbons (Fsp3) is 0.750. The van der Waals surface area contributed by atoms with Crippen LogP contribution in [0.15, 0.2) is 0 Å². The van der Waals surface area contributed by atoms with Crippen LogP contribution in [-0.4, -0.2) is 37.2 Å². The minimum Gasteiger partial charge on any atom is -0.468 e. The van der Waals surface area contributed by atoms with Gasteiger partial charge in [-0.1, -0.05) is 0 Å². The van der Waals surface area contributed by atoms with E-state index in [1.165, 1.54) is 18.9 Å². The van der Waals surface area contributed by atoms with Crippen molar-refractivity contribution < 1.29 is 19.1 Å². The van der Waals surface area contributed by atoms with E-state index < -0.39 is 5.25 Å². The lowest BCUT2D eigenvalue weighted by molar-refractivity contribution is -0.148. The van der Waals surface area contributed by atoms with Crippen molar-refractivity contribution in [2.45, 2.75) is 18.6 Å². The average Bonchev–Trinajstić information content (AvgIpc) is 2.13. The van der Waals surface area contributed by atoms with E-state index in [1.807, 2.05) is 0 Å². The zero-order valence-corrected chi connectivity index (χ0v) is 8.85. The van der Waals surface area contributed by atoms with Crippen molar-refractivity contribution in [3.63, 3.8) is 0 Å². The zero-order chi connectivity index (χ0) is 10.3. The normalized spacial score (nSPS) is 11.9. The minimum atomic E-state index is -0.455. The van der Waals surface area contributed by atoms with Crippen molar-refractivity contribution in [3.05, 3.63) is 0 Å². The molecule has 5 heteroatoms. The molecular formula is C8H14O4S. The zero-order valence-electron chi connectivity index (χ0n) is 8.03. The summed E-state index contributed by atoms with van der Waals surface area (Å²) in [6.45, 7) is 2.06. The molecule has 1 unspecified atom stereocenters. The second-order valence-electron chi connectivity index (χ2n) is 2.26. The van der Waals surface area contributed by atoms with Crippen molar-refractivity contribution in [2.24, 2.45) is 0 Å². The maximum atomic E-state index is 11.0. The highest BCUT2D eigenvalue weighted by Gasteiger charge is 2.21. The first-order chi connectivity index (χ1) is 6.15. The topological polar surface area (TPSA) is 52.6 Å². The second kappa shape index (κ2) is 6.77. The molecule has 13 heavy (non-hydrogen) atoms. The Bertz CT molecular complexity index is 181. The van der Waals surface area contributed by atoms with Crippen LogP contribution < -0.4 is 0 Å². The lowest BCUT2D eigenvalue weighted by Gasteiger charge is -2.10. The number of rotatable bonds is 5. The first kappa shape index (κ1) is 12.3. The maximum Gasteiger partial charge on any atom is 0.319 e. The summed E-state index contributed by atoms with van der Waals surface area (Å²) >= 11 is 1.28. The van der Waals surface area contributed by atoms with Crippen LogP contribution in [-0.2, 0) is 19.1 Å². The number of thioether (sulfide) groups is 1. The minimum absolute atomic E-state index is 0.0711. The lowest BCUT2D eigenvalue weighted by Crippen LogP contribution is -2.23. The molecule has 0 fully saturated rings. The van der Waals surface area contributed by atoms with Gasteiger partial charge in [-0.25, -0.2) is 0 Å². The molecule has 0 saturated heterocycles. The van der Waals surface area contributed by atoms with E-state index in [0.29, 0.717) is 6.61 Å². The highest BCUT2D eigenvalue weighted by Crippen LogP contribution is 2.13. The number of hydrogen-bond acceptors (Lipinski definition) is 5. The summed E-state index contributed by atoms with van der Waals surface area (Å²) in [6, 6.07) is 0. The Morgan fingerprint density at radius 1 is 1.46 bits per heavy atom. The third-order valence-corrected chi connectivity index (χ3v) is 2.33. The molecule has 0 radical (unpaired) electrons. The van der Waals surface area contributed by atoms with E-state index in [4.69, 9.17) is 4.74 Å². The summed E-state index contributed by atoms with van der Waals surface area (Å²) in [7, 11) is 1.30. The fourth-order valence-electron chi connectivity index (χ4n) is 0.766. The molecule has 0 heterocycles. The Morgan fingerprint density at radius 2 is 2.08 bits per heavy atom. The molecule has 4 nitrogen and oxygen atoms in total. The Labute approximate surface area is 82.0 Å². The van der Waals surface area contributed by atoms with Crippen LogP contribution in [0.3, 0.4) is 0 Å². The van der Waals surface area contributed by atoms with Crippen molar-refractivity contribution in [1.29, 1.82) is 0 Å². The summed E-state index contributed by atoms with van der Waals surface area (Å²) < 4.78 is 9.22. The first-order valence-corrected chi connectivity index (χ1v) is 5.20. The van der Waals surface area contributed by atoms with Crippen molar-refractivity contribution in [2.75, 3.05) is 20.0 Å². The summed E-state index contributed by atoms with van der Waals surface area (Å²) in [5.74, 6) is -0.757. The number of hydrogen-bond donors (Lipinski definition) is 0. The summed E-state index contributed by atoms with van der Waals surface area (Å²) in [6.07, 6.45) is 1.82. The highest BCUT2D eigenvalue weighted by atomic mass is 32.2. The summed E-state index contributed by atoms with van der Waals surface area (Å²) in [5, 5.41) is -0.455. The quantitative estimate of drug-likeness (QED) is 0.624. The Balaban J connectivity index is 3.97. The van der Waals surface area contributed by atoms with Crippen LogP contribution in [0.25, 0.3) is 0 Å². The fourth-order valence-corrected chi connectivity index (χ4v) is 1.36. The van der Waals surface area contributed by atoms with Crippen molar-refractivity contribution in [3.8, 4) is 0 Å². The van der Waals surface area contributed by atoms with Gasteiger partial charge in [0.25, 0.3) is 0 Å². The lowest BCUT2D eigenvalue weighted by atomic mass is 10.3. The molecule has 0 aliphatic heterocycles. The standard InChI is InChI=1S/C8H14O4S/c1-4-12-7(9)5-6(13-3)8(10)11-2/h6H,4-5H2,1-3H3. The molecule has 0 aliphatic carbocycles. The molecule has 1 atom stereocenters. The van der Waals surface area contributed by atoms with E-state index in [9.17, 15) is 9.59 Å². The molecule has 0 rings (SSSR count). The summed E-state index contributed by atoms with van der Waals surface area (Å²) in [4.78, 5) is 22.0. The maximum absolute atomic E-state index is 11.0. The molecule has 0 aromatic heterocycles. The molecule has 0 bridgehead atoms. The van der Waals surface area contributed by atoms with Gasteiger partial charge >= 0.3 is 11.9 Å². The van der Waals surface area contributed by atoms with E-state index in [0.717, 1.165) is 0 Å². The van der Waals surface area contributed by atoms with Gasteiger partial charge < -0.3 is 9.47 Å². The molecule has 0 saturated carbocycles. The SMILES string of the molecule is CCOC(=O)CC(SC)C(=O)OC. The van der Waals surface area contributed by atoms with E-state index in [-0.39, 0.29) is 18.4 Å². The Kier molecular flexibility index (Phi) is 6.40. The number of carbonyl (C=O) groups excluding carboxylic acids is 2. The first-order valence-electron chi connectivity index (χ1n) is 3.91. The third kappa shape index (κ3) is 4.77. The Morgan fingerprint density at radius 3 is 2.46 bits per heavy atom. The van der Waals surface area contributed by atoms with Crippen LogP contribution >= 0.6 is 11.8 Å². The molecule has 0 spiro atoms. The number of methoxy groups -OCH3 is 1. The van der Waals surface area contributed by atoms with Gasteiger partial charge in [-0.15, -0.1) is 11.8 Å². The van der Waals surface area contributed by atoms with Gasteiger partial charge in [0.2, 0.25) is 0 Å². The summed E-state index contributed by atoms with van der Waals surface area (Å²) in [5.41, 5.74) is 0. The van der Waals surface area contributed by atoms with Crippen LogP contribution in [0.5, 0.6) is 0 Å². The van der Waals surface area contributed by atoms with E-state index in [1.54, 1.807) is 13.2 Å². The number of esters is 2. The molecule has 0 N–H and O–H groups in total. The van der Waals surface area contributed by atoms with Crippen LogP contribution in [0, 0.1) is 0 Å². The average molecular weight is 206 g/mol. The van der Waals surface area contributed by atoms with Crippen molar-refractivity contribution >= 4 is 23.7 Å². The van der Waals surface area contributed by atoms with Gasteiger partial charge in [0.15, 0.2) is 0 Å². The molecular weight excluding hydrogens is 192 g/mol. The van der Waals surface area contributed by atoms with Gasteiger partial charge in [0.1, 0.15) is 5.25 Å². The van der Waals surface area contributed by atoms with Crippen molar-refractivity contribution in [1.82, 2.24) is 0 Å². The van der Waals surface area contributed by atoms with Gasteiger partial charge in [-0.3, -0.25) is 9.59 Å². The largest absolute Gasteiger partial charge is 0.468 e. The van der Waals surface area contributed by atoms with Gasteiger partial charge in [0, 0.05) is 0 Å². The highest BCUT2D eigenvalue weighted by molar-refractivity contribution is 7.99. The number of carbonyl (C=O) groups is 2. The predicted molar refractivity (Wildman–Crippen MR) is 50.6 cm³/mol. The Hall–Kier alpha value is -0.710. The third-order valence-electron chi connectivity index (χ3n) is 1.41. The van der Waals surface area contributed by atoms with E-state index >= 15 is 0 Å². The van der Waals surface area contributed by atoms with Gasteiger partial charge in [-0.05, 0) is 13.2 Å². The second-order valence-corrected chi connectivity index (χ2v) is 3.30. The molecule has 0 aliphatic rings. The smallest absolute Gasteiger partial charge is 0.319 e. The van der Waals surface area contributed by atoms with Crippen LogP contribution in [0.4, 0.5) is 0 Å². The molecule has 76 valence electrons. The number of ether oxygens (including phenoxy) is 2. The van der Waals surface area contributed by atoms with Crippen LogP contribution in [0.1, 0.15) is 13.3 Å². The van der Waals surface area contributed by atoms with Gasteiger partial charge in [0.05, 0.1) is 20.1 Å². The molecule has 0 aromatic carbocycles. The molecule has 0 amide bonds. The van der Waals surface area contributed by atoms with Gasteiger partial charge in [-0.2, -0.15) is 0 Å². The molecule has 0 aromatic rings. The van der Waals surface area contributed by atoms with E-state index in [2.05, 4.69) is 4.74 Å². The van der Waals surface area contributed by atoms with Crippen LogP contribution in [0.2, 0.25) is 0 Å².